The lowest BCUT2D eigenvalue weighted by Crippen LogP contribution is -2.33. The molecule has 1 amide bonds. The molecular formula is C15H20ClFN2O. The lowest BCUT2D eigenvalue weighted by Gasteiger charge is -2.23. The van der Waals surface area contributed by atoms with Gasteiger partial charge in [0.15, 0.2) is 0 Å². The van der Waals surface area contributed by atoms with Crippen molar-refractivity contribution >= 4 is 18.3 Å². The van der Waals surface area contributed by atoms with Gasteiger partial charge in [0, 0.05) is 25.0 Å². The Morgan fingerprint density at radius 3 is 2.85 bits per heavy atom. The summed E-state index contributed by atoms with van der Waals surface area (Å²) in [6.45, 7) is 5.33. The summed E-state index contributed by atoms with van der Waals surface area (Å²) in [6.07, 6.45) is 2.15. The molecule has 2 aliphatic heterocycles. The number of nitrogens with zero attached hydrogens (tertiary/aromatic N) is 1. The molecule has 1 spiro atoms. The summed E-state index contributed by atoms with van der Waals surface area (Å²) in [6, 6.07) is 4.82. The van der Waals surface area contributed by atoms with Gasteiger partial charge in [-0.05, 0) is 44.0 Å². The zero-order valence-electron chi connectivity index (χ0n) is 11.6. The summed E-state index contributed by atoms with van der Waals surface area (Å²) in [5.74, 6) is -0.572. The van der Waals surface area contributed by atoms with Crippen molar-refractivity contribution in [3.05, 3.63) is 35.1 Å². The molecule has 20 heavy (non-hydrogen) atoms. The summed E-state index contributed by atoms with van der Waals surface area (Å²) in [5.41, 5.74) is 1.28. The first kappa shape index (κ1) is 15.3. The Hall–Kier alpha value is -1.13. The van der Waals surface area contributed by atoms with Crippen molar-refractivity contribution in [1.29, 1.82) is 0 Å². The van der Waals surface area contributed by atoms with Crippen molar-refractivity contribution in [2.75, 3.05) is 26.2 Å². The maximum atomic E-state index is 13.9. The maximum absolute atomic E-state index is 13.9. The monoisotopic (exact) mass is 298 g/mol. The van der Waals surface area contributed by atoms with Crippen molar-refractivity contribution < 1.29 is 9.18 Å². The van der Waals surface area contributed by atoms with Crippen LogP contribution >= 0.6 is 12.4 Å². The highest BCUT2D eigenvalue weighted by molar-refractivity contribution is 5.94. The normalized spacial score (nSPS) is 25.0. The average molecular weight is 299 g/mol. The fourth-order valence-electron chi connectivity index (χ4n) is 3.22. The van der Waals surface area contributed by atoms with E-state index < -0.39 is 5.82 Å². The van der Waals surface area contributed by atoms with Crippen LogP contribution in [0, 0.1) is 18.2 Å². The molecule has 0 radical (unpaired) electrons. The van der Waals surface area contributed by atoms with Gasteiger partial charge in [-0.25, -0.2) is 4.39 Å². The summed E-state index contributed by atoms with van der Waals surface area (Å²) in [4.78, 5) is 14.2. The largest absolute Gasteiger partial charge is 0.338 e. The zero-order valence-corrected chi connectivity index (χ0v) is 12.4. The van der Waals surface area contributed by atoms with Gasteiger partial charge in [0.25, 0.3) is 5.91 Å². The number of benzene rings is 1. The van der Waals surface area contributed by atoms with Crippen molar-refractivity contribution in [3.63, 3.8) is 0 Å². The lowest BCUT2D eigenvalue weighted by molar-refractivity contribution is 0.0771. The molecule has 2 fully saturated rings. The van der Waals surface area contributed by atoms with Gasteiger partial charge in [-0.2, -0.15) is 0 Å². The molecule has 2 aliphatic rings. The van der Waals surface area contributed by atoms with Crippen LogP contribution < -0.4 is 5.32 Å². The van der Waals surface area contributed by atoms with E-state index in [1.807, 2.05) is 6.92 Å². The second-order valence-corrected chi connectivity index (χ2v) is 5.89. The highest BCUT2D eigenvalue weighted by atomic mass is 35.5. The number of hydrogen-bond donors (Lipinski definition) is 1. The molecule has 1 aromatic rings. The second kappa shape index (κ2) is 5.70. The van der Waals surface area contributed by atoms with Gasteiger partial charge in [-0.1, -0.05) is 6.07 Å². The molecule has 0 aromatic heterocycles. The average Bonchev–Trinajstić information content (AvgIpc) is 3.00. The second-order valence-electron chi connectivity index (χ2n) is 5.89. The number of halogens is 2. The smallest absolute Gasteiger partial charge is 0.256 e. The zero-order chi connectivity index (χ0) is 13.5. The molecule has 1 unspecified atom stereocenters. The number of amides is 1. The first-order valence-corrected chi connectivity index (χ1v) is 6.86. The van der Waals surface area contributed by atoms with Crippen molar-refractivity contribution in [3.8, 4) is 0 Å². The van der Waals surface area contributed by atoms with E-state index in [-0.39, 0.29) is 29.3 Å². The van der Waals surface area contributed by atoms with Crippen LogP contribution in [0.2, 0.25) is 0 Å². The maximum Gasteiger partial charge on any atom is 0.256 e. The number of aryl methyl sites for hydroxylation is 1. The third-order valence-electron chi connectivity index (χ3n) is 4.41. The van der Waals surface area contributed by atoms with Crippen molar-refractivity contribution in [1.82, 2.24) is 10.2 Å². The van der Waals surface area contributed by atoms with E-state index >= 15 is 0 Å². The van der Waals surface area contributed by atoms with Crippen molar-refractivity contribution in [2.45, 2.75) is 19.8 Å². The van der Waals surface area contributed by atoms with E-state index in [1.54, 1.807) is 17.0 Å². The summed E-state index contributed by atoms with van der Waals surface area (Å²) < 4.78 is 13.9. The SMILES string of the molecule is Cc1ccc(C(=O)N2CCC3(CCNC3)C2)c(F)c1.Cl. The quantitative estimate of drug-likeness (QED) is 0.863. The van der Waals surface area contributed by atoms with Crippen LogP contribution in [0.3, 0.4) is 0 Å². The van der Waals surface area contributed by atoms with Crippen LogP contribution in [0.4, 0.5) is 4.39 Å². The van der Waals surface area contributed by atoms with Gasteiger partial charge in [0.05, 0.1) is 5.56 Å². The van der Waals surface area contributed by atoms with E-state index in [1.165, 1.54) is 6.07 Å². The van der Waals surface area contributed by atoms with Crippen LogP contribution in [-0.2, 0) is 0 Å². The molecule has 5 heteroatoms. The van der Waals surface area contributed by atoms with Crippen LogP contribution in [0.25, 0.3) is 0 Å². The molecule has 1 aromatic carbocycles. The van der Waals surface area contributed by atoms with Gasteiger partial charge < -0.3 is 10.2 Å². The minimum Gasteiger partial charge on any atom is -0.338 e. The Balaban J connectivity index is 0.00000147. The Kier molecular flexibility index (Phi) is 4.35. The first-order chi connectivity index (χ1) is 9.10. The Bertz CT molecular complexity index is 515. The number of hydrogen-bond acceptors (Lipinski definition) is 2. The van der Waals surface area contributed by atoms with E-state index in [4.69, 9.17) is 0 Å². The molecule has 0 bridgehead atoms. The van der Waals surface area contributed by atoms with Crippen LogP contribution in [0.5, 0.6) is 0 Å². The first-order valence-electron chi connectivity index (χ1n) is 6.86. The summed E-state index contributed by atoms with van der Waals surface area (Å²) >= 11 is 0. The minimum absolute atomic E-state index is 0. The molecule has 3 rings (SSSR count). The standard InChI is InChI=1S/C15H19FN2O.ClH/c1-11-2-3-12(13(16)8-11)14(19)18-7-5-15(10-18)4-6-17-9-15;/h2-3,8,17H,4-7,9-10H2,1H3;1H. The van der Waals surface area contributed by atoms with E-state index in [0.29, 0.717) is 0 Å². The molecular weight excluding hydrogens is 279 g/mol. The van der Waals surface area contributed by atoms with Gasteiger partial charge in [-0.3, -0.25) is 4.79 Å². The number of carbonyl (C=O) groups excluding carboxylic acids is 1. The molecule has 0 saturated carbocycles. The molecule has 0 aliphatic carbocycles. The summed E-state index contributed by atoms with van der Waals surface area (Å²) in [7, 11) is 0. The molecule has 1 atom stereocenters. The fourth-order valence-corrected chi connectivity index (χ4v) is 3.22. The van der Waals surface area contributed by atoms with E-state index in [9.17, 15) is 9.18 Å². The minimum atomic E-state index is -0.407. The van der Waals surface area contributed by atoms with Crippen molar-refractivity contribution in [2.24, 2.45) is 5.41 Å². The number of carbonyl (C=O) groups is 1. The summed E-state index contributed by atoms with van der Waals surface area (Å²) in [5, 5.41) is 3.36. The Morgan fingerprint density at radius 2 is 2.20 bits per heavy atom. The lowest BCUT2D eigenvalue weighted by atomic mass is 9.86. The predicted octanol–water partition coefficient (Wildman–Crippen LogP) is 2.38. The van der Waals surface area contributed by atoms with Crippen LogP contribution in [-0.4, -0.2) is 37.0 Å². The number of likely N-dealkylation sites (tertiary alicyclic amines) is 1. The predicted molar refractivity (Wildman–Crippen MR) is 78.8 cm³/mol. The van der Waals surface area contributed by atoms with Gasteiger partial charge in [0.2, 0.25) is 0 Å². The van der Waals surface area contributed by atoms with Crippen LogP contribution in [0.1, 0.15) is 28.8 Å². The highest BCUT2D eigenvalue weighted by Gasteiger charge is 2.42. The molecule has 2 saturated heterocycles. The van der Waals surface area contributed by atoms with Gasteiger partial charge >= 0.3 is 0 Å². The van der Waals surface area contributed by atoms with Gasteiger partial charge in [-0.15, -0.1) is 12.4 Å². The highest BCUT2D eigenvalue weighted by Crippen LogP contribution is 2.36. The Labute approximate surface area is 124 Å². The fraction of sp³-hybridized carbons (Fsp3) is 0.533. The van der Waals surface area contributed by atoms with Crippen LogP contribution in [0.15, 0.2) is 18.2 Å². The number of nitrogens with one attached hydrogen (secondary N) is 1. The van der Waals surface area contributed by atoms with E-state index in [2.05, 4.69) is 5.32 Å². The topological polar surface area (TPSA) is 32.3 Å². The molecule has 110 valence electrons. The third kappa shape index (κ3) is 2.67. The molecule has 2 heterocycles. The van der Waals surface area contributed by atoms with Gasteiger partial charge in [0.1, 0.15) is 5.82 Å². The number of rotatable bonds is 1. The molecule has 3 nitrogen and oxygen atoms in total. The molecule has 1 N–H and O–H groups in total. The Morgan fingerprint density at radius 1 is 1.40 bits per heavy atom. The third-order valence-corrected chi connectivity index (χ3v) is 4.41. The van der Waals surface area contributed by atoms with E-state index in [0.717, 1.165) is 44.6 Å².